The lowest BCUT2D eigenvalue weighted by Gasteiger charge is -2.41. The number of hydrogen-bond acceptors (Lipinski definition) is 6. The molecular weight excluding hydrogens is 574 g/mol. The molecule has 5 rings (SSSR count). The first kappa shape index (κ1) is 29.1. The van der Waals surface area contributed by atoms with Crippen molar-refractivity contribution in [2.75, 3.05) is 19.6 Å². The predicted octanol–water partition coefficient (Wildman–Crippen LogP) is 3.78. The van der Waals surface area contributed by atoms with E-state index in [1.807, 2.05) is 0 Å². The molecule has 1 saturated heterocycles. The molecule has 2 fully saturated rings. The molecule has 3 unspecified atom stereocenters. The molecule has 1 aromatic carbocycles. The third kappa shape index (κ3) is 5.57. The number of ether oxygens (including phenoxy) is 1. The topological polar surface area (TPSA) is 118 Å². The quantitative estimate of drug-likeness (QED) is 0.458. The Hall–Kier alpha value is -3.42. The third-order valence-electron chi connectivity index (χ3n) is 8.09. The maximum absolute atomic E-state index is 14.3. The van der Waals surface area contributed by atoms with Crippen molar-refractivity contribution < 1.29 is 41.8 Å². The Kier molecular flexibility index (Phi) is 7.88. The van der Waals surface area contributed by atoms with E-state index in [0.717, 1.165) is 4.68 Å². The Balaban J connectivity index is 1.53. The monoisotopic (exact) mass is 601 g/mol. The Morgan fingerprint density at radius 1 is 1.20 bits per heavy atom. The number of aromatic nitrogens is 3. The minimum absolute atomic E-state index is 0.00253. The van der Waals surface area contributed by atoms with Gasteiger partial charge in [-0.3, -0.25) is 14.4 Å². The number of halogens is 5. The van der Waals surface area contributed by atoms with Gasteiger partial charge in [0.15, 0.2) is 0 Å². The number of carbonyl (C=O) groups excluding carboxylic acids is 2. The molecule has 41 heavy (non-hydrogen) atoms. The van der Waals surface area contributed by atoms with Crippen LogP contribution in [0.15, 0.2) is 12.1 Å². The highest BCUT2D eigenvalue weighted by Crippen LogP contribution is 2.47. The van der Waals surface area contributed by atoms with Crippen LogP contribution in [0.4, 0.5) is 17.6 Å². The lowest BCUT2D eigenvalue weighted by Crippen LogP contribution is -2.48. The van der Waals surface area contributed by atoms with Crippen molar-refractivity contribution in [2.24, 2.45) is 18.9 Å². The molecule has 1 aromatic heterocycles. The highest BCUT2D eigenvalue weighted by molar-refractivity contribution is 6.31. The molecule has 2 aromatic rings. The van der Waals surface area contributed by atoms with Gasteiger partial charge in [-0.1, -0.05) is 16.8 Å². The number of fused-ring (bicyclic) bond motifs is 1. The van der Waals surface area contributed by atoms with E-state index in [4.69, 9.17) is 16.3 Å². The molecule has 2 aliphatic heterocycles. The minimum Gasteiger partial charge on any atom is -0.487 e. The van der Waals surface area contributed by atoms with E-state index in [1.165, 1.54) is 18.0 Å². The van der Waals surface area contributed by atoms with Crippen LogP contribution in [0.5, 0.6) is 5.75 Å². The first-order chi connectivity index (χ1) is 19.4. The second-order valence-corrected chi connectivity index (χ2v) is 11.0. The predicted molar refractivity (Wildman–Crippen MR) is 135 cm³/mol. The number of carboxylic acids is 1. The van der Waals surface area contributed by atoms with Crippen molar-refractivity contribution in [3.8, 4) is 5.75 Å². The molecule has 1 aliphatic carbocycles. The maximum Gasteiger partial charge on any atom is 0.307 e. The van der Waals surface area contributed by atoms with Crippen molar-refractivity contribution >= 4 is 29.4 Å². The van der Waals surface area contributed by atoms with Crippen LogP contribution < -0.4 is 4.74 Å². The van der Waals surface area contributed by atoms with Crippen LogP contribution in [-0.2, 0) is 34.5 Å². The van der Waals surface area contributed by atoms with Gasteiger partial charge >= 0.3 is 5.97 Å². The number of carbonyl (C=O) groups is 3. The molecule has 3 atom stereocenters. The van der Waals surface area contributed by atoms with E-state index in [9.17, 15) is 37.1 Å². The number of rotatable bonds is 8. The van der Waals surface area contributed by atoms with Crippen molar-refractivity contribution in [2.45, 2.75) is 57.1 Å². The molecule has 1 saturated carbocycles. The minimum atomic E-state index is -3.31. The Morgan fingerprint density at radius 3 is 2.59 bits per heavy atom. The Bertz CT molecular complexity index is 1370. The van der Waals surface area contributed by atoms with Gasteiger partial charge in [0.05, 0.1) is 17.9 Å². The van der Waals surface area contributed by atoms with E-state index in [0.29, 0.717) is 35.5 Å². The number of nitrogens with zero attached hydrogens (tertiary/aromatic N) is 5. The number of likely N-dealkylation sites (tertiary alicyclic amines) is 1. The van der Waals surface area contributed by atoms with Crippen LogP contribution in [0.1, 0.15) is 60.7 Å². The summed E-state index contributed by atoms with van der Waals surface area (Å²) in [5.74, 6) is -8.52. The third-order valence-corrected chi connectivity index (χ3v) is 8.45. The molecular formula is C26H28ClF4N5O5. The van der Waals surface area contributed by atoms with Gasteiger partial charge in [0.25, 0.3) is 6.43 Å². The zero-order chi connectivity index (χ0) is 29.6. The van der Waals surface area contributed by atoms with Crippen LogP contribution in [-0.4, -0.2) is 73.2 Å². The summed E-state index contributed by atoms with van der Waals surface area (Å²) in [7, 11) is 1.33. The summed E-state index contributed by atoms with van der Waals surface area (Å²) < 4.78 is 62.7. The van der Waals surface area contributed by atoms with Gasteiger partial charge in [-0.15, -0.1) is 5.10 Å². The number of carboxylic acid groups (broad SMARTS) is 1. The van der Waals surface area contributed by atoms with Gasteiger partial charge in [-0.25, -0.2) is 22.2 Å². The fourth-order valence-corrected chi connectivity index (χ4v) is 6.39. The fourth-order valence-electron chi connectivity index (χ4n) is 6.13. The van der Waals surface area contributed by atoms with E-state index in [2.05, 4.69) is 10.3 Å². The molecule has 1 N–H and O–H groups in total. The molecule has 10 nitrogen and oxygen atoms in total. The summed E-state index contributed by atoms with van der Waals surface area (Å²) in [6.07, 6.45) is -3.58. The van der Waals surface area contributed by atoms with Gasteiger partial charge in [0.1, 0.15) is 23.7 Å². The van der Waals surface area contributed by atoms with E-state index in [-0.39, 0.29) is 43.5 Å². The average Bonchev–Trinajstić information content (AvgIpc) is 3.59. The summed E-state index contributed by atoms with van der Waals surface area (Å²) in [6, 6.07) is 2.17. The average molecular weight is 602 g/mol. The SMILES string of the molecule is Cn1nnc(COc2ccc(Cl)c3c2C(CN2CCCC2=O)N(C(=O)C2CC(F)(F)CC2C(=O)O)CC3)c1C(F)F. The Labute approximate surface area is 237 Å². The van der Waals surface area contributed by atoms with Crippen LogP contribution >= 0.6 is 11.6 Å². The molecule has 2 amide bonds. The van der Waals surface area contributed by atoms with Gasteiger partial charge < -0.3 is 19.6 Å². The molecule has 0 spiro atoms. The maximum atomic E-state index is 14.3. The lowest BCUT2D eigenvalue weighted by molar-refractivity contribution is -0.150. The van der Waals surface area contributed by atoms with Crippen molar-refractivity contribution in [1.29, 1.82) is 0 Å². The lowest BCUT2D eigenvalue weighted by atomic mass is 9.88. The first-order valence-corrected chi connectivity index (χ1v) is 13.5. The normalized spacial score (nSPS) is 23.8. The van der Waals surface area contributed by atoms with Gasteiger partial charge in [0, 0.05) is 56.5 Å². The standard InChI is InChI=1S/C26H28ClF4N5O5/c1-34-22(23(28)29)17(32-33-34)12-41-19-5-4-16(27)13-6-8-36(18(21(13)19)11-35-7-2-3-20(35)37)24(38)14-9-26(30,31)10-15(14)25(39)40/h4-5,14-15,18,23H,2-3,6-12H2,1H3,(H,39,40). The molecule has 0 radical (unpaired) electrons. The zero-order valence-corrected chi connectivity index (χ0v) is 22.8. The largest absolute Gasteiger partial charge is 0.487 e. The first-order valence-electron chi connectivity index (χ1n) is 13.2. The second kappa shape index (κ2) is 11.1. The second-order valence-electron chi connectivity index (χ2n) is 10.6. The molecule has 222 valence electrons. The number of alkyl halides is 4. The Morgan fingerprint density at radius 2 is 1.93 bits per heavy atom. The molecule has 15 heteroatoms. The number of aryl methyl sites for hydroxylation is 1. The number of benzene rings is 1. The smallest absolute Gasteiger partial charge is 0.307 e. The summed E-state index contributed by atoms with van der Waals surface area (Å²) in [5, 5.41) is 17.4. The van der Waals surface area contributed by atoms with E-state index in [1.54, 1.807) is 11.0 Å². The van der Waals surface area contributed by atoms with E-state index < -0.39 is 60.6 Å². The summed E-state index contributed by atoms with van der Waals surface area (Å²) in [6.45, 7) is 0.0826. The molecule has 3 heterocycles. The highest BCUT2D eigenvalue weighted by Gasteiger charge is 2.54. The van der Waals surface area contributed by atoms with Crippen molar-refractivity contribution in [3.63, 3.8) is 0 Å². The van der Waals surface area contributed by atoms with Crippen molar-refractivity contribution in [3.05, 3.63) is 39.7 Å². The van der Waals surface area contributed by atoms with E-state index >= 15 is 0 Å². The highest BCUT2D eigenvalue weighted by atomic mass is 35.5. The van der Waals surface area contributed by atoms with Crippen LogP contribution in [0.3, 0.4) is 0 Å². The van der Waals surface area contributed by atoms with Gasteiger partial charge in [-0.2, -0.15) is 0 Å². The molecule has 3 aliphatic rings. The summed E-state index contributed by atoms with van der Waals surface area (Å²) in [5.41, 5.74) is 0.491. The van der Waals surface area contributed by atoms with Gasteiger partial charge in [0.2, 0.25) is 17.7 Å². The number of hydrogen-bond donors (Lipinski definition) is 1. The number of amides is 2. The summed E-state index contributed by atoms with van der Waals surface area (Å²) >= 11 is 6.53. The van der Waals surface area contributed by atoms with Crippen molar-refractivity contribution in [1.82, 2.24) is 24.8 Å². The number of aliphatic carboxylic acids is 1. The van der Waals surface area contributed by atoms with Crippen LogP contribution in [0, 0.1) is 11.8 Å². The van der Waals surface area contributed by atoms with Gasteiger partial charge in [-0.05, 0) is 30.5 Å². The zero-order valence-electron chi connectivity index (χ0n) is 22.0. The summed E-state index contributed by atoms with van der Waals surface area (Å²) in [4.78, 5) is 41.1. The fraction of sp³-hybridized carbons (Fsp3) is 0.577. The molecule has 0 bridgehead atoms. The van der Waals surface area contributed by atoms with Crippen LogP contribution in [0.2, 0.25) is 5.02 Å². The van der Waals surface area contributed by atoms with Crippen LogP contribution in [0.25, 0.3) is 0 Å².